The zero-order valence-corrected chi connectivity index (χ0v) is 23.2. The number of carbonyl (C=O) groups excluding carboxylic acids is 2. The van der Waals surface area contributed by atoms with E-state index < -0.39 is 23.6 Å². The summed E-state index contributed by atoms with van der Waals surface area (Å²) in [5.41, 5.74) is 0.885. The lowest BCUT2D eigenvalue weighted by molar-refractivity contribution is -0.143. The summed E-state index contributed by atoms with van der Waals surface area (Å²) in [6.07, 6.45) is 1.18. The summed E-state index contributed by atoms with van der Waals surface area (Å²) in [4.78, 5) is 24.6. The van der Waals surface area contributed by atoms with Crippen molar-refractivity contribution in [2.75, 3.05) is 0 Å². The molecule has 1 aliphatic heterocycles. The molecule has 2 atom stereocenters. The summed E-state index contributed by atoms with van der Waals surface area (Å²) in [6, 6.07) is 3.90. The predicted molar refractivity (Wildman–Crippen MR) is 138 cm³/mol. The molecule has 4 nitrogen and oxygen atoms in total. The first-order chi connectivity index (χ1) is 16.9. The molecule has 3 rings (SSSR count). The van der Waals surface area contributed by atoms with Gasteiger partial charge in [0.1, 0.15) is 23.4 Å². The number of aldehydes is 1. The summed E-state index contributed by atoms with van der Waals surface area (Å²) in [6.45, 7) is 13.6. The third-order valence-electron chi connectivity index (χ3n) is 7.83. The molecule has 0 radical (unpaired) electrons. The number of halogens is 3. The molecule has 0 saturated heterocycles. The highest BCUT2D eigenvalue weighted by atomic mass is 19.4. The molecule has 37 heavy (non-hydrogen) atoms. The second kappa shape index (κ2) is 10.5. The van der Waals surface area contributed by atoms with Crippen molar-refractivity contribution in [1.29, 1.82) is 0 Å². The zero-order valence-electron chi connectivity index (χ0n) is 23.2. The summed E-state index contributed by atoms with van der Waals surface area (Å²) in [7, 11) is 0. The van der Waals surface area contributed by atoms with E-state index in [1.165, 1.54) is 0 Å². The Kier molecular flexibility index (Phi) is 8.26. The van der Waals surface area contributed by atoms with Crippen LogP contribution < -0.4 is 9.47 Å². The van der Waals surface area contributed by atoms with Gasteiger partial charge in [0.2, 0.25) is 0 Å². The fraction of sp³-hybridized carbons (Fsp3) is 0.667. The van der Waals surface area contributed by atoms with Crippen molar-refractivity contribution in [2.45, 2.75) is 117 Å². The van der Waals surface area contributed by atoms with Gasteiger partial charge in [-0.1, -0.05) is 32.8 Å². The largest absolute Gasteiger partial charge is 0.487 e. The minimum Gasteiger partial charge on any atom is -0.487 e. The maximum Gasteiger partial charge on any atom is 0.389 e. The molecule has 0 bridgehead atoms. The zero-order chi connectivity index (χ0) is 27.8. The van der Waals surface area contributed by atoms with Crippen LogP contribution in [-0.4, -0.2) is 24.0 Å². The van der Waals surface area contributed by atoms with Crippen molar-refractivity contribution < 1.29 is 32.2 Å². The van der Waals surface area contributed by atoms with E-state index in [0.29, 0.717) is 43.6 Å². The summed E-state index contributed by atoms with van der Waals surface area (Å²) in [5, 5.41) is 0. The molecule has 0 fully saturated rings. The first kappa shape index (κ1) is 29.2. The van der Waals surface area contributed by atoms with Crippen LogP contribution in [0, 0.1) is 11.3 Å². The van der Waals surface area contributed by atoms with Gasteiger partial charge in [0.25, 0.3) is 0 Å². The van der Waals surface area contributed by atoms with Gasteiger partial charge < -0.3 is 9.47 Å². The van der Waals surface area contributed by atoms with Crippen molar-refractivity contribution in [2.24, 2.45) is 11.3 Å². The fourth-order valence-corrected chi connectivity index (χ4v) is 5.44. The van der Waals surface area contributed by atoms with E-state index in [1.807, 2.05) is 32.1 Å². The summed E-state index contributed by atoms with van der Waals surface area (Å²) in [5.74, 6) is 0.822. The van der Waals surface area contributed by atoms with Crippen LogP contribution in [0.5, 0.6) is 11.5 Å². The molecule has 1 aliphatic carbocycles. The Bertz CT molecular complexity index is 1040. The van der Waals surface area contributed by atoms with Crippen LogP contribution in [0.1, 0.15) is 110 Å². The van der Waals surface area contributed by atoms with Crippen LogP contribution in [0.3, 0.4) is 0 Å². The van der Waals surface area contributed by atoms with Gasteiger partial charge in [0.05, 0.1) is 5.41 Å². The first-order valence-electron chi connectivity index (χ1n) is 13.3. The van der Waals surface area contributed by atoms with Crippen LogP contribution in [0.15, 0.2) is 23.8 Å². The number of benzene rings is 1. The van der Waals surface area contributed by atoms with E-state index in [2.05, 4.69) is 13.8 Å². The number of hydrogen-bond donors (Lipinski definition) is 0. The lowest BCUT2D eigenvalue weighted by Gasteiger charge is -2.47. The quantitative estimate of drug-likeness (QED) is 0.149. The van der Waals surface area contributed by atoms with Crippen molar-refractivity contribution in [1.82, 2.24) is 0 Å². The lowest BCUT2D eigenvalue weighted by Crippen LogP contribution is -2.46. The Balaban J connectivity index is 1.99. The van der Waals surface area contributed by atoms with Crippen LogP contribution in [-0.2, 0) is 15.0 Å². The molecule has 0 amide bonds. The summed E-state index contributed by atoms with van der Waals surface area (Å²) < 4.78 is 50.1. The van der Waals surface area contributed by atoms with E-state index in [-0.39, 0.29) is 29.6 Å². The predicted octanol–water partition coefficient (Wildman–Crippen LogP) is 8.22. The minimum absolute atomic E-state index is 0.0359. The molecule has 1 aromatic carbocycles. The van der Waals surface area contributed by atoms with Crippen molar-refractivity contribution in [3.05, 3.63) is 34.9 Å². The summed E-state index contributed by atoms with van der Waals surface area (Å²) >= 11 is 0. The van der Waals surface area contributed by atoms with Crippen LogP contribution in [0.4, 0.5) is 13.2 Å². The number of hydrogen-bond acceptors (Lipinski definition) is 4. The molecule has 0 saturated carbocycles. The average molecular weight is 523 g/mol. The van der Waals surface area contributed by atoms with E-state index in [9.17, 15) is 22.8 Å². The number of alkyl halides is 3. The van der Waals surface area contributed by atoms with Crippen LogP contribution in [0.2, 0.25) is 0 Å². The van der Waals surface area contributed by atoms with Gasteiger partial charge >= 0.3 is 12.1 Å². The third kappa shape index (κ3) is 6.97. The van der Waals surface area contributed by atoms with Gasteiger partial charge in [-0.05, 0) is 89.0 Å². The van der Waals surface area contributed by atoms with Crippen LogP contribution in [0.25, 0.3) is 0 Å². The highest BCUT2D eigenvalue weighted by Gasteiger charge is 2.47. The maximum atomic E-state index is 13.0. The Hall–Kier alpha value is -2.31. The minimum atomic E-state index is -4.13. The van der Waals surface area contributed by atoms with Gasteiger partial charge in [0.15, 0.2) is 0 Å². The van der Waals surface area contributed by atoms with Crippen molar-refractivity contribution in [3.8, 4) is 11.5 Å². The molecule has 1 heterocycles. The number of rotatable bonds is 8. The average Bonchev–Trinajstić information content (AvgIpc) is 2.76. The van der Waals surface area contributed by atoms with Gasteiger partial charge in [0, 0.05) is 23.8 Å². The number of fused-ring (bicyclic) bond motifs is 3. The highest BCUT2D eigenvalue weighted by Crippen LogP contribution is 2.55. The highest BCUT2D eigenvalue weighted by molar-refractivity contribution is 5.79. The van der Waals surface area contributed by atoms with Gasteiger partial charge in [-0.3, -0.25) is 9.59 Å². The lowest BCUT2D eigenvalue weighted by atomic mass is 9.66. The molecular formula is C30H41F3O4. The number of allylic oxidation sites excluding steroid dienone is 2. The van der Waals surface area contributed by atoms with Crippen molar-refractivity contribution in [3.63, 3.8) is 0 Å². The molecule has 0 spiro atoms. The third-order valence-corrected chi connectivity index (χ3v) is 7.83. The second-order valence-electron chi connectivity index (χ2n) is 12.8. The Morgan fingerprint density at radius 1 is 1.08 bits per heavy atom. The normalized spacial score (nSPS) is 21.3. The Morgan fingerprint density at radius 3 is 2.32 bits per heavy atom. The molecule has 1 aromatic rings. The molecule has 0 N–H and O–H groups in total. The number of ether oxygens (including phenoxy) is 2. The molecule has 7 heteroatoms. The first-order valence-corrected chi connectivity index (χ1v) is 13.3. The molecule has 206 valence electrons. The van der Waals surface area contributed by atoms with Crippen molar-refractivity contribution >= 4 is 12.3 Å². The second-order valence-corrected chi connectivity index (χ2v) is 12.8. The van der Waals surface area contributed by atoms with Gasteiger partial charge in [-0.25, -0.2) is 0 Å². The maximum absolute atomic E-state index is 13.0. The fourth-order valence-electron chi connectivity index (χ4n) is 5.44. The Morgan fingerprint density at radius 2 is 1.73 bits per heavy atom. The molecule has 2 aliphatic rings. The monoisotopic (exact) mass is 522 g/mol. The smallest absolute Gasteiger partial charge is 0.389 e. The van der Waals surface area contributed by atoms with E-state index in [0.717, 1.165) is 23.0 Å². The topological polar surface area (TPSA) is 52.6 Å². The molecular weight excluding hydrogens is 481 g/mol. The Labute approximate surface area is 219 Å². The SMILES string of the molecule is CC(C)(C)C(=O)Oc1cc(C(C)(C)CCCCCC(F)(F)F)cc2c1[C@@H]1CC(C=O)=CC[C@H]1C(C)(C)O2. The number of unbranched alkanes of at least 4 members (excludes halogenated alkanes) is 2. The molecule has 0 unspecified atom stereocenters. The van der Waals surface area contributed by atoms with E-state index >= 15 is 0 Å². The van der Waals surface area contributed by atoms with Crippen LogP contribution >= 0.6 is 0 Å². The standard InChI is InChI=1S/C30H41F3O4/c1-27(2,3)26(35)36-23-16-20(28(4,5)13-9-8-10-14-30(31,32)33)17-24-25(23)21-15-19(18-34)11-12-22(21)29(6,7)37-24/h11,16-18,21-22H,8-10,12-15H2,1-7H3/t21-,22-/m1/s1. The van der Waals surface area contributed by atoms with Gasteiger partial charge in [-0.15, -0.1) is 0 Å². The number of carbonyl (C=O) groups is 2. The van der Waals surface area contributed by atoms with E-state index in [4.69, 9.17) is 9.47 Å². The number of esters is 1. The van der Waals surface area contributed by atoms with E-state index in [1.54, 1.807) is 20.8 Å². The molecule has 0 aromatic heterocycles. The van der Waals surface area contributed by atoms with Gasteiger partial charge in [-0.2, -0.15) is 13.2 Å².